The first-order valence-electron chi connectivity index (χ1n) is 9.63. The van der Waals surface area contributed by atoms with E-state index in [1.165, 1.54) is 42.8 Å². The Hall–Kier alpha value is -4.33. The summed E-state index contributed by atoms with van der Waals surface area (Å²) in [5.41, 5.74) is -0.0181. The maximum absolute atomic E-state index is 13.5. The first-order chi connectivity index (χ1) is 15.4. The predicted octanol–water partition coefficient (Wildman–Crippen LogP) is 4.17. The Morgan fingerprint density at radius 3 is 2.41 bits per heavy atom. The Kier molecular flexibility index (Phi) is 6.74. The van der Waals surface area contributed by atoms with Gasteiger partial charge in [-0.1, -0.05) is 12.7 Å². The molecule has 0 spiro atoms. The first kappa shape index (κ1) is 22.4. The number of hydrogen-bond acceptors (Lipinski definition) is 7. The number of aldehydes is 1. The highest BCUT2D eigenvalue weighted by molar-refractivity contribution is 6.21. The molecule has 0 amide bonds. The van der Waals surface area contributed by atoms with Gasteiger partial charge in [0.15, 0.2) is 6.29 Å². The molecule has 3 heterocycles. The summed E-state index contributed by atoms with van der Waals surface area (Å²) in [4.78, 5) is 38.8. The van der Waals surface area contributed by atoms with E-state index in [9.17, 15) is 19.5 Å². The molecule has 1 N–H and O–H groups in total. The van der Waals surface area contributed by atoms with E-state index in [2.05, 4.69) is 6.58 Å². The van der Waals surface area contributed by atoms with Crippen LogP contribution < -0.4 is 0 Å². The highest BCUT2D eigenvalue weighted by Crippen LogP contribution is 2.39. The maximum atomic E-state index is 13.5. The molecule has 0 saturated carbocycles. The standard InChI is InChI=1S/C24H21NO7/c1-4-9-30-16(3)22-21(17(14-26)12-18-7-5-10-31-18)23(27)20(13-19-8-6-11-32-19)25(22)15(2)24(28)29/h4-15H,3H2,1-2H3,(H,28,29). The molecule has 0 radical (unpaired) electrons. The summed E-state index contributed by atoms with van der Waals surface area (Å²) in [6.07, 6.45) is 9.09. The van der Waals surface area contributed by atoms with E-state index in [4.69, 9.17) is 13.6 Å². The summed E-state index contributed by atoms with van der Waals surface area (Å²) in [5, 5.41) is 9.73. The van der Waals surface area contributed by atoms with Crippen molar-refractivity contribution < 1.29 is 33.1 Å². The van der Waals surface area contributed by atoms with Gasteiger partial charge in [-0.15, -0.1) is 0 Å². The number of carbonyl (C=O) groups excluding carboxylic acids is 2. The van der Waals surface area contributed by atoms with Crippen molar-refractivity contribution in [3.8, 4) is 0 Å². The molecule has 8 nitrogen and oxygen atoms in total. The molecule has 3 rings (SSSR count). The van der Waals surface area contributed by atoms with E-state index in [1.807, 2.05) is 0 Å². The zero-order valence-electron chi connectivity index (χ0n) is 17.5. The molecule has 2 aromatic rings. The molecule has 8 heteroatoms. The molecule has 164 valence electrons. The highest BCUT2D eigenvalue weighted by Gasteiger charge is 2.42. The molecule has 0 bridgehead atoms. The molecular formula is C24H21NO7. The minimum atomic E-state index is -1.19. The largest absolute Gasteiger partial charge is 0.480 e. The molecule has 32 heavy (non-hydrogen) atoms. The molecule has 2 aromatic heterocycles. The van der Waals surface area contributed by atoms with Crippen molar-refractivity contribution in [2.75, 3.05) is 0 Å². The number of carboxylic acid groups (broad SMARTS) is 1. The van der Waals surface area contributed by atoms with Gasteiger partial charge >= 0.3 is 5.97 Å². The van der Waals surface area contributed by atoms with Crippen LogP contribution in [0.5, 0.6) is 0 Å². The SMILES string of the molecule is C=C(OC=CC)C1=C(C(C=O)=Cc2ccco2)C(=O)C(=Cc2ccco2)N1C(C)C(=O)O. The van der Waals surface area contributed by atoms with Crippen molar-refractivity contribution in [3.05, 3.63) is 95.5 Å². The molecule has 1 aliphatic rings. The van der Waals surface area contributed by atoms with Crippen LogP contribution in [0.3, 0.4) is 0 Å². The third kappa shape index (κ3) is 4.39. The number of rotatable bonds is 9. The van der Waals surface area contributed by atoms with E-state index in [0.717, 1.165) is 0 Å². The van der Waals surface area contributed by atoms with E-state index in [0.29, 0.717) is 17.8 Å². The quantitative estimate of drug-likeness (QED) is 0.355. The van der Waals surface area contributed by atoms with Crippen LogP contribution in [0.2, 0.25) is 0 Å². The predicted molar refractivity (Wildman–Crippen MR) is 115 cm³/mol. The number of carboxylic acids is 1. The van der Waals surface area contributed by atoms with Crippen molar-refractivity contribution >= 4 is 30.2 Å². The smallest absolute Gasteiger partial charge is 0.326 e. The number of nitrogens with zero attached hydrogens (tertiary/aromatic N) is 1. The van der Waals surface area contributed by atoms with Gasteiger partial charge < -0.3 is 23.6 Å². The van der Waals surface area contributed by atoms with Gasteiger partial charge in [0, 0.05) is 11.6 Å². The van der Waals surface area contributed by atoms with Crippen LogP contribution in [-0.4, -0.2) is 34.1 Å². The van der Waals surface area contributed by atoms with Gasteiger partial charge in [-0.05, 0) is 44.2 Å². The third-order valence-electron chi connectivity index (χ3n) is 4.63. The molecule has 0 aliphatic carbocycles. The Morgan fingerprint density at radius 1 is 1.22 bits per heavy atom. The Bertz CT molecular complexity index is 1150. The van der Waals surface area contributed by atoms with Crippen LogP contribution >= 0.6 is 0 Å². The Labute approximate surface area is 184 Å². The minimum absolute atomic E-state index is 0.00253. The molecule has 1 atom stereocenters. The van der Waals surface area contributed by atoms with Crippen LogP contribution in [0.4, 0.5) is 0 Å². The lowest BCUT2D eigenvalue weighted by Gasteiger charge is -2.27. The number of hydrogen-bond donors (Lipinski definition) is 1. The second-order valence-electron chi connectivity index (χ2n) is 6.73. The zero-order valence-corrected chi connectivity index (χ0v) is 17.5. The lowest BCUT2D eigenvalue weighted by atomic mass is 10.00. The molecule has 1 unspecified atom stereocenters. The number of ketones is 1. The maximum Gasteiger partial charge on any atom is 0.326 e. The molecule has 0 aromatic carbocycles. The normalized spacial score (nSPS) is 16.8. The fraction of sp³-hybridized carbons (Fsp3) is 0.125. The molecular weight excluding hydrogens is 414 g/mol. The zero-order chi connectivity index (χ0) is 23.3. The summed E-state index contributed by atoms with van der Waals surface area (Å²) < 4.78 is 16.1. The van der Waals surface area contributed by atoms with Gasteiger partial charge in [0.05, 0.1) is 35.8 Å². The van der Waals surface area contributed by atoms with E-state index in [1.54, 1.807) is 37.3 Å². The van der Waals surface area contributed by atoms with Gasteiger partial charge in [0.2, 0.25) is 5.78 Å². The summed E-state index contributed by atoms with van der Waals surface area (Å²) >= 11 is 0. The van der Waals surface area contributed by atoms with Gasteiger partial charge in [0.25, 0.3) is 0 Å². The average molecular weight is 435 g/mol. The second-order valence-corrected chi connectivity index (χ2v) is 6.73. The summed E-state index contributed by atoms with van der Waals surface area (Å²) in [7, 11) is 0. The van der Waals surface area contributed by atoms with Crippen molar-refractivity contribution in [2.45, 2.75) is 19.9 Å². The fourth-order valence-electron chi connectivity index (χ4n) is 3.18. The summed E-state index contributed by atoms with van der Waals surface area (Å²) in [5.74, 6) is -1.11. The van der Waals surface area contributed by atoms with Gasteiger partial charge in [0.1, 0.15) is 23.3 Å². The van der Waals surface area contributed by atoms with Crippen molar-refractivity contribution in [2.24, 2.45) is 0 Å². The first-order valence-corrected chi connectivity index (χ1v) is 9.63. The van der Waals surface area contributed by atoms with Crippen molar-refractivity contribution in [1.29, 1.82) is 0 Å². The lowest BCUT2D eigenvalue weighted by Crippen LogP contribution is -2.37. The lowest BCUT2D eigenvalue weighted by molar-refractivity contribution is -0.141. The summed E-state index contributed by atoms with van der Waals surface area (Å²) in [6.45, 7) is 6.99. The van der Waals surface area contributed by atoms with Gasteiger partial charge in [-0.25, -0.2) is 4.79 Å². The van der Waals surface area contributed by atoms with Crippen LogP contribution in [0.1, 0.15) is 25.4 Å². The van der Waals surface area contributed by atoms with E-state index < -0.39 is 17.8 Å². The highest BCUT2D eigenvalue weighted by atomic mass is 16.5. The van der Waals surface area contributed by atoms with Crippen molar-refractivity contribution in [1.82, 2.24) is 4.90 Å². The number of allylic oxidation sites excluding steroid dienone is 3. The van der Waals surface area contributed by atoms with Crippen LogP contribution in [-0.2, 0) is 19.1 Å². The number of ether oxygens (including phenoxy) is 1. The van der Waals surface area contributed by atoms with Crippen molar-refractivity contribution in [3.63, 3.8) is 0 Å². The van der Waals surface area contributed by atoms with Crippen LogP contribution in [0.15, 0.2) is 92.8 Å². The monoisotopic (exact) mass is 435 g/mol. The number of Topliss-reactive ketones (excluding diaryl/α,β-unsaturated/α-hetero) is 1. The van der Waals surface area contributed by atoms with Gasteiger partial charge in [-0.2, -0.15) is 0 Å². The van der Waals surface area contributed by atoms with E-state index >= 15 is 0 Å². The number of furan rings is 2. The second kappa shape index (κ2) is 9.65. The Balaban J connectivity index is 2.28. The average Bonchev–Trinajstić information content (AvgIpc) is 3.52. The van der Waals surface area contributed by atoms with E-state index in [-0.39, 0.29) is 28.3 Å². The van der Waals surface area contributed by atoms with Gasteiger partial charge in [-0.3, -0.25) is 9.59 Å². The molecule has 0 saturated heterocycles. The number of carbonyl (C=O) groups is 3. The van der Waals surface area contributed by atoms with Crippen LogP contribution in [0, 0.1) is 0 Å². The summed E-state index contributed by atoms with van der Waals surface area (Å²) in [6, 6.07) is 5.32. The molecule has 0 fully saturated rings. The topological polar surface area (TPSA) is 110 Å². The fourth-order valence-corrected chi connectivity index (χ4v) is 3.18. The minimum Gasteiger partial charge on any atom is -0.480 e. The Morgan fingerprint density at radius 2 is 1.88 bits per heavy atom. The molecule has 1 aliphatic heterocycles. The third-order valence-corrected chi connectivity index (χ3v) is 4.63. The van der Waals surface area contributed by atoms with Crippen LogP contribution in [0.25, 0.3) is 12.2 Å². The number of aliphatic carboxylic acids is 1.